The average molecular weight is 190 g/mol. The van der Waals surface area contributed by atoms with Crippen molar-refractivity contribution in [3.05, 3.63) is 24.4 Å². The SMILES string of the molecule is CCn1cc2cc(B(O)O)ccc2n1. The van der Waals surface area contributed by atoms with E-state index < -0.39 is 7.12 Å². The summed E-state index contributed by atoms with van der Waals surface area (Å²) in [6, 6.07) is 5.19. The largest absolute Gasteiger partial charge is 0.488 e. The lowest BCUT2D eigenvalue weighted by Gasteiger charge is -1.96. The van der Waals surface area contributed by atoms with Crippen LogP contribution in [0.1, 0.15) is 6.92 Å². The Hall–Kier alpha value is -1.33. The van der Waals surface area contributed by atoms with Crippen LogP contribution < -0.4 is 5.46 Å². The molecule has 1 aromatic carbocycles. The van der Waals surface area contributed by atoms with E-state index in [0.29, 0.717) is 5.46 Å². The van der Waals surface area contributed by atoms with Crippen molar-refractivity contribution in [1.82, 2.24) is 9.78 Å². The smallest absolute Gasteiger partial charge is 0.423 e. The lowest BCUT2D eigenvalue weighted by atomic mass is 9.80. The van der Waals surface area contributed by atoms with Gasteiger partial charge in [0.1, 0.15) is 0 Å². The second kappa shape index (κ2) is 3.44. The zero-order chi connectivity index (χ0) is 10.1. The summed E-state index contributed by atoms with van der Waals surface area (Å²) in [6.45, 7) is 2.82. The van der Waals surface area contributed by atoms with Crippen molar-refractivity contribution < 1.29 is 10.0 Å². The van der Waals surface area contributed by atoms with Crippen LogP contribution in [0.25, 0.3) is 10.9 Å². The van der Waals surface area contributed by atoms with Crippen LogP contribution in [0.15, 0.2) is 24.4 Å². The van der Waals surface area contributed by atoms with Gasteiger partial charge in [0.15, 0.2) is 0 Å². The summed E-state index contributed by atoms with van der Waals surface area (Å²) in [4.78, 5) is 0. The maximum Gasteiger partial charge on any atom is 0.488 e. The summed E-state index contributed by atoms with van der Waals surface area (Å²) in [6.07, 6.45) is 1.89. The molecule has 0 radical (unpaired) electrons. The highest BCUT2D eigenvalue weighted by Gasteiger charge is 2.11. The first-order valence-electron chi connectivity index (χ1n) is 4.54. The van der Waals surface area contributed by atoms with Crippen molar-refractivity contribution in [2.45, 2.75) is 13.5 Å². The first-order chi connectivity index (χ1) is 6.70. The number of aromatic nitrogens is 2. The quantitative estimate of drug-likeness (QED) is 0.641. The summed E-state index contributed by atoms with van der Waals surface area (Å²) < 4.78 is 1.82. The van der Waals surface area contributed by atoms with Gasteiger partial charge in [-0.05, 0) is 18.5 Å². The van der Waals surface area contributed by atoms with E-state index >= 15 is 0 Å². The molecule has 1 aromatic heterocycles. The molecular weight excluding hydrogens is 179 g/mol. The number of nitrogens with zero attached hydrogens (tertiary/aromatic N) is 2. The van der Waals surface area contributed by atoms with Crippen LogP contribution in [0.2, 0.25) is 0 Å². The van der Waals surface area contributed by atoms with Gasteiger partial charge >= 0.3 is 7.12 Å². The predicted octanol–water partition coefficient (Wildman–Crippen LogP) is -0.264. The first kappa shape index (κ1) is 9.24. The minimum atomic E-state index is -1.41. The van der Waals surface area contributed by atoms with Crippen molar-refractivity contribution in [2.75, 3.05) is 0 Å². The Bertz CT molecular complexity index is 453. The van der Waals surface area contributed by atoms with Gasteiger partial charge in [0.25, 0.3) is 0 Å². The van der Waals surface area contributed by atoms with Crippen LogP contribution in [0.4, 0.5) is 0 Å². The molecule has 1 heterocycles. The normalized spacial score (nSPS) is 10.8. The number of hydrogen-bond donors (Lipinski definition) is 2. The van der Waals surface area contributed by atoms with Crippen LogP contribution >= 0.6 is 0 Å². The van der Waals surface area contributed by atoms with Crippen molar-refractivity contribution >= 4 is 23.5 Å². The third kappa shape index (κ3) is 1.52. The van der Waals surface area contributed by atoms with E-state index in [1.54, 1.807) is 18.2 Å². The molecule has 4 nitrogen and oxygen atoms in total. The Morgan fingerprint density at radius 3 is 2.86 bits per heavy atom. The third-order valence-corrected chi connectivity index (χ3v) is 2.20. The zero-order valence-corrected chi connectivity index (χ0v) is 7.88. The van der Waals surface area contributed by atoms with Gasteiger partial charge in [0.2, 0.25) is 0 Å². The van der Waals surface area contributed by atoms with E-state index in [2.05, 4.69) is 5.10 Å². The predicted molar refractivity (Wildman–Crippen MR) is 55.2 cm³/mol. The van der Waals surface area contributed by atoms with E-state index in [1.807, 2.05) is 17.8 Å². The summed E-state index contributed by atoms with van der Waals surface area (Å²) >= 11 is 0. The minimum absolute atomic E-state index is 0.494. The van der Waals surface area contributed by atoms with E-state index in [4.69, 9.17) is 10.0 Å². The molecule has 0 unspecified atom stereocenters. The molecule has 72 valence electrons. The van der Waals surface area contributed by atoms with E-state index in [9.17, 15) is 0 Å². The monoisotopic (exact) mass is 190 g/mol. The number of benzene rings is 1. The van der Waals surface area contributed by atoms with Gasteiger partial charge in [-0.1, -0.05) is 12.1 Å². The topological polar surface area (TPSA) is 58.3 Å². The first-order valence-corrected chi connectivity index (χ1v) is 4.54. The van der Waals surface area contributed by atoms with Crippen LogP contribution in [-0.2, 0) is 6.54 Å². The maximum atomic E-state index is 8.98. The molecule has 5 heteroatoms. The van der Waals surface area contributed by atoms with E-state index in [0.717, 1.165) is 17.4 Å². The Kier molecular flexibility index (Phi) is 2.27. The van der Waals surface area contributed by atoms with Crippen LogP contribution in [-0.4, -0.2) is 26.9 Å². The molecule has 0 aliphatic carbocycles. The van der Waals surface area contributed by atoms with Gasteiger partial charge in [0, 0.05) is 18.1 Å². The molecule has 2 rings (SSSR count). The summed E-state index contributed by atoms with van der Waals surface area (Å²) in [7, 11) is -1.41. The number of rotatable bonds is 2. The lowest BCUT2D eigenvalue weighted by molar-refractivity contribution is 0.426. The fourth-order valence-corrected chi connectivity index (χ4v) is 1.42. The van der Waals surface area contributed by atoms with Crippen LogP contribution in [0.3, 0.4) is 0 Å². The molecular formula is C9H11BN2O2. The molecule has 0 saturated heterocycles. The average Bonchev–Trinajstić information content (AvgIpc) is 2.58. The third-order valence-electron chi connectivity index (χ3n) is 2.20. The molecule has 0 aliphatic heterocycles. The van der Waals surface area contributed by atoms with Crippen molar-refractivity contribution in [3.8, 4) is 0 Å². The second-order valence-corrected chi connectivity index (χ2v) is 3.18. The molecule has 2 N–H and O–H groups in total. The fourth-order valence-electron chi connectivity index (χ4n) is 1.42. The van der Waals surface area contributed by atoms with Crippen molar-refractivity contribution in [1.29, 1.82) is 0 Å². The molecule has 0 atom stereocenters. The van der Waals surface area contributed by atoms with Gasteiger partial charge in [-0.2, -0.15) is 5.10 Å². The molecule has 0 aliphatic rings. The minimum Gasteiger partial charge on any atom is -0.423 e. The summed E-state index contributed by atoms with van der Waals surface area (Å²) in [5.41, 5.74) is 1.37. The number of aryl methyl sites for hydroxylation is 1. The highest BCUT2D eigenvalue weighted by Crippen LogP contribution is 2.09. The Morgan fingerprint density at radius 2 is 2.21 bits per heavy atom. The Labute approximate surface area is 81.9 Å². The number of hydrogen-bond acceptors (Lipinski definition) is 3. The summed E-state index contributed by atoms with van der Waals surface area (Å²) in [5, 5.41) is 23.2. The van der Waals surface area contributed by atoms with Gasteiger partial charge in [-0.3, -0.25) is 4.68 Å². The fraction of sp³-hybridized carbons (Fsp3) is 0.222. The summed E-state index contributed by atoms with van der Waals surface area (Å²) in [5.74, 6) is 0. The van der Waals surface area contributed by atoms with Gasteiger partial charge in [0.05, 0.1) is 5.52 Å². The van der Waals surface area contributed by atoms with Crippen LogP contribution in [0.5, 0.6) is 0 Å². The highest BCUT2D eigenvalue weighted by molar-refractivity contribution is 6.58. The van der Waals surface area contributed by atoms with Gasteiger partial charge in [-0.15, -0.1) is 0 Å². The van der Waals surface area contributed by atoms with Gasteiger partial charge in [-0.25, -0.2) is 0 Å². The van der Waals surface area contributed by atoms with Crippen LogP contribution in [0, 0.1) is 0 Å². The highest BCUT2D eigenvalue weighted by atomic mass is 16.4. The van der Waals surface area contributed by atoms with Crippen molar-refractivity contribution in [3.63, 3.8) is 0 Å². The van der Waals surface area contributed by atoms with Crippen molar-refractivity contribution in [2.24, 2.45) is 0 Å². The standard InChI is InChI=1S/C9H11BN2O2/c1-2-12-6-7-5-8(10(13)14)3-4-9(7)11-12/h3-6,13-14H,2H2,1H3. The molecule has 0 spiro atoms. The Balaban J connectivity index is 2.54. The molecule has 14 heavy (non-hydrogen) atoms. The zero-order valence-electron chi connectivity index (χ0n) is 7.88. The molecule has 0 bridgehead atoms. The second-order valence-electron chi connectivity index (χ2n) is 3.18. The lowest BCUT2D eigenvalue weighted by Crippen LogP contribution is -2.29. The molecule has 0 amide bonds. The van der Waals surface area contributed by atoms with E-state index in [-0.39, 0.29) is 0 Å². The van der Waals surface area contributed by atoms with E-state index in [1.165, 1.54) is 0 Å². The molecule has 0 fully saturated rings. The molecule has 0 saturated carbocycles. The molecule has 2 aromatic rings. The van der Waals surface area contributed by atoms with Gasteiger partial charge < -0.3 is 10.0 Å². The number of fused-ring (bicyclic) bond motifs is 1. The maximum absolute atomic E-state index is 8.98. The Morgan fingerprint density at radius 1 is 1.43 bits per heavy atom.